The molecule has 0 aromatic heterocycles. The molecule has 1 atom stereocenters. The second-order valence-electron chi connectivity index (χ2n) is 4.15. The molecule has 17 heavy (non-hydrogen) atoms. The summed E-state index contributed by atoms with van der Waals surface area (Å²) in [5, 5.41) is 14.3. The van der Waals surface area contributed by atoms with Crippen molar-refractivity contribution < 1.29 is 9.90 Å². The van der Waals surface area contributed by atoms with Gasteiger partial charge in [0.15, 0.2) is 0 Å². The fourth-order valence-corrected chi connectivity index (χ4v) is 1.73. The Morgan fingerprint density at radius 2 is 1.94 bits per heavy atom. The first kappa shape index (κ1) is 11.5. The maximum Gasteiger partial charge on any atom is 0.308 e. The van der Waals surface area contributed by atoms with Gasteiger partial charge in [0.05, 0.1) is 5.92 Å². The first-order chi connectivity index (χ1) is 8.18. The third-order valence-corrected chi connectivity index (χ3v) is 2.81. The van der Waals surface area contributed by atoms with Gasteiger partial charge in [-0.2, -0.15) is 0 Å². The zero-order chi connectivity index (χ0) is 12.3. The van der Waals surface area contributed by atoms with Gasteiger partial charge in [-0.3, -0.25) is 4.79 Å². The molecule has 3 nitrogen and oxygen atoms in total. The molecule has 0 aliphatic heterocycles. The molecule has 0 fully saturated rings. The van der Waals surface area contributed by atoms with Gasteiger partial charge in [-0.15, -0.1) is 0 Å². The molecule has 0 radical (unpaired) electrons. The van der Waals surface area contributed by atoms with Crippen molar-refractivity contribution in [2.75, 3.05) is 11.9 Å². The highest BCUT2D eigenvalue weighted by atomic mass is 16.4. The summed E-state index contributed by atoms with van der Waals surface area (Å²) in [6, 6.07) is 14.0. The van der Waals surface area contributed by atoms with E-state index in [1.807, 2.05) is 42.5 Å². The van der Waals surface area contributed by atoms with Crippen LogP contribution in [0, 0.1) is 5.92 Å². The summed E-state index contributed by atoms with van der Waals surface area (Å²) in [7, 11) is 0. The Labute approximate surface area is 100 Å². The number of rotatable bonds is 4. The Bertz CT molecular complexity index is 531. The molecule has 0 amide bonds. The second kappa shape index (κ2) is 4.87. The number of carbonyl (C=O) groups is 1. The van der Waals surface area contributed by atoms with Gasteiger partial charge < -0.3 is 10.4 Å². The number of aliphatic carboxylic acids is 1. The molecule has 88 valence electrons. The van der Waals surface area contributed by atoms with Gasteiger partial charge in [0.25, 0.3) is 0 Å². The lowest BCUT2D eigenvalue weighted by molar-refractivity contribution is -0.140. The van der Waals surface area contributed by atoms with E-state index in [1.54, 1.807) is 6.92 Å². The molecule has 0 heterocycles. The van der Waals surface area contributed by atoms with E-state index < -0.39 is 11.9 Å². The quantitative estimate of drug-likeness (QED) is 0.847. The monoisotopic (exact) mass is 229 g/mol. The fourth-order valence-electron chi connectivity index (χ4n) is 1.73. The molecule has 1 unspecified atom stereocenters. The number of carboxylic acid groups (broad SMARTS) is 1. The standard InChI is InChI=1S/C14H15NO2/c1-10(14(16)17)9-15-13-8-4-6-11-5-2-3-7-12(11)13/h2-8,10,15H,9H2,1H3,(H,16,17). The Hall–Kier alpha value is -2.03. The molecule has 0 saturated heterocycles. The van der Waals surface area contributed by atoms with Crippen LogP contribution in [-0.4, -0.2) is 17.6 Å². The van der Waals surface area contributed by atoms with Crippen molar-refractivity contribution in [3.8, 4) is 0 Å². The minimum absolute atomic E-state index is 0.394. The summed E-state index contributed by atoms with van der Waals surface area (Å²) in [6.45, 7) is 2.13. The highest BCUT2D eigenvalue weighted by Crippen LogP contribution is 2.22. The number of fused-ring (bicyclic) bond motifs is 1. The van der Waals surface area contributed by atoms with E-state index in [4.69, 9.17) is 5.11 Å². The van der Waals surface area contributed by atoms with Gasteiger partial charge in [-0.05, 0) is 11.5 Å². The lowest BCUT2D eigenvalue weighted by Crippen LogP contribution is -2.19. The van der Waals surface area contributed by atoms with Crippen LogP contribution in [0.4, 0.5) is 5.69 Å². The summed E-state index contributed by atoms with van der Waals surface area (Å²) < 4.78 is 0. The van der Waals surface area contributed by atoms with Crippen molar-refractivity contribution >= 4 is 22.4 Å². The minimum atomic E-state index is -0.780. The van der Waals surface area contributed by atoms with E-state index in [2.05, 4.69) is 5.32 Å². The smallest absolute Gasteiger partial charge is 0.308 e. The number of hydrogen-bond acceptors (Lipinski definition) is 2. The molecule has 2 rings (SSSR count). The average molecular weight is 229 g/mol. The van der Waals surface area contributed by atoms with Gasteiger partial charge in [0.1, 0.15) is 0 Å². The zero-order valence-corrected chi connectivity index (χ0v) is 9.68. The Morgan fingerprint density at radius 1 is 1.24 bits per heavy atom. The van der Waals surface area contributed by atoms with E-state index in [9.17, 15) is 4.79 Å². The number of carboxylic acids is 1. The first-order valence-electron chi connectivity index (χ1n) is 5.63. The molecular formula is C14H15NO2. The van der Waals surface area contributed by atoms with Crippen LogP contribution < -0.4 is 5.32 Å². The number of hydrogen-bond donors (Lipinski definition) is 2. The molecular weight excluding hydrogens is 214 g/mol. The van der Waals surface area contributed by atoms with Crippen molar-refractivity contribution in [3.05, 3.63) is 42.5 Å². The highest BCUT2D eigenvalue weighted by Gasteiger charge is 2.10. The highest BCUT2D eigenvalue weighted by molar-refractivity contribution is 5.93. The topological polar surface area (TPSA) is 49.3 Å². The van der Waals surface area contributed by atoms with Crippen LogP contribution in [0.1, 0.15) is 6.92 Å². The van der Waals surface area contributed by atoms with E-state index in [-0.39, 0.29) is 0 Å². The fraction of sp³-hybridized carbons (Fsp3) is 0.214. The van der Waals surface area contributed by atoms with E-state index >= 15 is 0 Å². The van der Waals surface area contributed by atoms with Crippen molar-refractivity contribution in [2.45, 2.75) is 6.92 Å². The van der Waals surface area contributed by atoms with Crippen molar-refractivity contribution in [1.29, 1.82) is 0 Å². The molecule has 3 heteroatoms. The second-order valence-corrected chi connectivity index (χ2v) is 4.15. The molecule has 0 aliphatic rings. The molecule has 2 aromatic carbocycles. The van der Waals surface area contributed by atoms with Crippen LogP contribution in [0.2, 0.25) is 0 Å². The van der Waals surface area contributed by atoms with Gasteiger partial charge in [-0.1, -0.05) is 43.3 Å². The predicted molar refractivity (Wildman–Crippen MR) is 69.2 cm³/mol. The molecule has 2 aromatic rings. The third kappa shape index (κ3) is 2.56. The number of nitrogens with one attached hydrogen (secondary N) is 1. The molecule has 0 aliphatic carbocycles. The van der Waals surface area contributed by atoms with Gasteiger partial charge >= 0.3 is 5.97 Å². The average Bonchev–Trinajstić information content (AvgIpc) is 2.35. The van der Waals surface area contributed by atoms with Gasteiger partial charge in [0, 0.05) is 17.6 Å². The van der Waals surface area contributed by atoms with Crippen LogP contribution in [0.3, 0.4) is 0 Å². The largest absolute Gasteiger partial charge is 0.481 e. The Balaban J connectivity index is 2.21. The van der Waals surface area contributed by atoms with E-state index in [0.717, 1.165) is 16.5 Å². The molecule has 2 N–H and O–H groups in total. The molecule has 0 saturated carbocycles. The summed E-state index contributed by atoms with van der Waals surface area (Å²) >= 11 is 0. The number of anilines is 1. The maximum atomic E-state index is 10.7. The van der Waals surface area contributed by atoms with Gasteiger partial charge in [-0.25, -0.2) is 0 Å². The van der Waals surface area contributed by atoms with Crippen LogP contribution in [0.5, 0.6) is 0 Å². The van der Waals surface area contributed by atoms with Crippen molar-refractivity contribution in [1.82, 2.24) is 0 Å². The van der Waals surface area contributed by atoms with Crippen LogP contribution in [0.25, 0.3) is 10.8 Å². The SMILES string of the molecule is CC(CNc1cccc2ccccc12)C(=O)O. The Morgan fingerprint density at radius 3 is 2.71 bits per heavy atom. The molecule has 0 spiro atoms. The molecule has 0 bridgehead atoms. The predicted octanol–water partition coefficient (Wildman–Crippen LogP) is 2.97. The van der Waals surface area contributed by atoms with Crippen LogP contribution >= 0.6 is 0 Å². The summed E-state index contributed by atoms with van der Waals surface area (Å²) in [4.78, 5) is 10.7. The normalized spacial score (nSPS) is 12.3. The minimum Gasteiger partial charge on any atom is -0.481 e. The zero-order valence-electron chi connectivity index (χ0n) is 9.68. The van der Waals surface area contributed by atoms with Gasteiger partial charge in [0.2, 0.25) is 0 Å². The van der Waals surface area contributed by atoms with Crippen molar-refractivity contribution in [2.24, 2.45) is 5.92 Å². The van der Waals surface area contributed by atoms with Crippen LogP contribution in [-0.2, 0) is 4.79 Å². The van der Waals surface area contributed by atoms with E-state index in [1.165, 1.54) is 0 Å². The lowest BCUT2D eigenvalue weighted by atomic mass is 10.1. The third-order valence-electron chi connectivity index (χ3n) is 2.81. The first-order valence-corrected chi connectivity index (χ1v) is 5.63. The summed E-state index contributed by atoms with van der Waals surface area (Å²) in [5.74, 6) is -1.17. The maximum absolute atomic E-state index is 10.7. The number of benzene rings is 2. The van der Waals surface area contributed by atoms with Crippen LogP contribution in [0.15, 0.2) is 42.5 Å². The lowest BCUT2D eigenvalue weighted by Gasteiger charge is -2.11. The van der Waals surface area contributed by atoms with Crippen molar-refractivity contribution in [3.63, 3.8) is 0 Å². The van der Waals surface area contributed by atoms with E-state index in [0.29, 0.717) is 6.54 Å². The Kier molecular flexibility index (Phi) is 3.28. The summed E-state index contributed by atoms with van der Waals surface area (Å²) in [5.41, 5.74) is 0.983. The summed E-state index contributed by atoms with van der Waals surface area (Å²) in [6.07, 6.45) is 0.